The maximum absolute atomic E-state index is 4.76. The quantitative estimate of drug-likeness (QED) is 0.898. The molecular weight excluding hydrogens is 240 g/mol. The van der Waals surface area contributed by atoms with Crippen LogP contribution in [-0.2, 0) is 0 Å². The highest BCUT2D eigenvalue weighted by molar-refractivity contribution is 8.14. The molecule has 3 heteroatoms. The summed E-state index contributed by atoms with van der Waals surface area (Å²) in [5, 5.41) is 4.68. The molecule has 18 heavy (non-hydrogen) atoms. The van der Waals surface area contributed by atoms with Crippen molar-refractivity contribution in [3.8, 4) is 0 Å². The van der Waals surface area contributed by atoms with Crippen LogP contribution in [0.1, 0.15) is 37.8 Å². The highest BCUT2D eigenvalue weighted by atomic mass is 32.2. The van der Waals surface area contributed by atoms with Crippen LogP contribution in [0.4, 0.5) is 0 Å². The fourth-order valence-electron chi connectivity index (χ4n) is 2.55. The Bertz CT molecular complexity index is 437. The van der Waals surface area contributed by atoms with Crippen LogP contribution in [0.3, 0.4) is 0 Å². The second-order valence-electron chi connectivity index (χ2n) is 5.70. The molecule has 1 atom stereocenters. The summed E-state index contributed by atoms with van der Waals surface area (Å²) in [6, 6.07) is 11.1. The fourth-order valence-corrected chi connectivity index (χ4v) is 3.53. The van der Waals surface area contributed by atoms with Crippen molar-refractivity contribution < 1.29 is 0 Å². The van der Waals surface area contributed by atoms with Crippen molar-refractivity contribution in [2.24, 2.45) is 10.4 Å². The molecule has 1 N–H and O–H groups in total. The molecule has 1 aromatic rings. The molecule has 2 aliphatic rings. The van der Waals surface area contributed by atoms with Crippen LogP contribution in [0.5, 0.6) is 0 Å². The van der Waals surface area contributed by atoms with E-state index in [1.165, 1.54) is 24.8 Å². The second kappa shape index (κ2) is 4.96. The molecule has 1 aliphatic heterocycles. The van der Waals surface area contributed by atoms with Gasteiger partial charge in [-0.05, 0) is 23.8 Å². The highest BCUT2D eigenvalue weighted by Crippen LogP contribution is 2.40. The Kier molecular flexibility index (Phi) is 3.33. The maximum atomic E-state index is 4.76. The van der Waals surface area contributed by atoms with Gasteiger partial charge in [0.1, 0.15) is 0 Å². The number of amidine groups is 1. The zero-order valence-electron chi connectivity index (χ0n) is 10.9. The van der Waals surface area contributed by atoms with Crippen molar-refractivity contribution in [1.29, 1.82) is 0 Å². The van der Waals surface area contributed by atoms with E-state index in [0.717, 1.165) is 17.5 Å². The predicted molar refractivity (Wildman–Crippen MR) is 79.0 cm³/mol. The van der Waals surface area contributed by atoms with Crippen molar-refractivity contribution in [3.63, 3.8) is 0 Å². The third-order valence-corrected chi connectivity index (χ3v) is 5.07. The molecule has 0 radical (unpaired) electrons. The van der Waals surface area contributed by atoms with Gasteiger partial charge < -0.3 is 5.32 Å². The SMILES string of the molecule is CC1(CN=C2NC(c3ccccc3)CS2)CCC1. The summed E-state index contributed by atoms with van der Waals surface area (Å²) >= 11 is 1.86. The van der Waals surface area contributed by atoms with Gasteiger partial charge in [0.05, 0.1) is 6.04 Å². The standard InChI is InChI=1S/C15H20N2S/c1-15(8-5-9-15)11-16-14-17-13(10-18-14)12-6-3-2-4-7-12/h2-4,6-7,13H,5,8-11H2,1H3,(H,16,17). The molecule has 1 aromatic carbocycles. The van der Waals surface area contributed by atoms with Crippen molar-refractivity contribution in [2.45, 2.75) is 32.2 Å². The van der Waals surface area contributed by atoms with E-state index in [0.29, 0.717) is 11.5 Å². The summed E-state index contributed by atoms with van der Waals surface area (Å²) in [6.45, 7) is 3.35. The Morgan fingerprint density at radius 1 is 1.33 bits per heavy atom. The van der Waals surface area contributed by atoms with Crippen molar-refractivity contribution in [1.82, 2.24) is 5.32 Å². The van der Waals surface area contributed by atoms with Crippen LogP contribution in [0.2, 0.25) is 0 Å². The van der Waals surface area contributed by atoms with Gasteiger partial charge in [-0.1, -0.05) is 55.4 Å². The molecule has 3 rings (SSSR count). The first-order chi connectivity index (χ1) is 8.75. The van der Waals surface area contributed by atoms with E-state index in [4.69, 9.17) is 4.99 Å². The Morgan fingerprint density at radius 3 is 2.78 bits per heavy atom. The first-order valence-electron chi connectivity index (χ1n) is 6.74. The van der Waals surface area contributed by atoms with Crippen LogP contribution in [-0.4, -0.2) is 17.5 Å². The third kappa shape index (κ3) is 2.56. The fraction of sp³-hybridized carbons (Fsp3) is 0.533. The number of rotatable bonds is 3. The molecule has 96 valence electrons. The highest BCUT2D eigenvalue weighted by Gasteiger charge is 2.32. The lowest BCUT2D eigenvalue weighted by Gasteiger charge is -2.36. The van der Waals surface area contributed by atoms with E-state index < -0.39 is 0 Å². The Labute approximate surface area is 113 Å². The first kappa shape index (κ1) is 12.1. The monoisotopic (exact) mass is 260 g/mol. The van der Waals surface area contributed by atoms with Gasteiger partial charge in [-0.15, -0.1) is 0 Å². The number of hydrogen-bond donors (Lipinski definition) is 1. The van der Waals surface area contributed by atoms with Gasteiger partial charge in [0.2, 0.25) is 0 Å². The van der Waals surface area contributed by atoms with Gasteiger partial charge in [-0.2, -0.15) is 0 Å². The van der Waals surface area contributed by atoms with Crippen molar-refractivity contribution in [2.75, 3.05) is 12.3 Å². The van der Waals surface area contributed by atoms with Crippen LogP contribution < -0.4 is 5.32 Å². The lowest BCUT2D eigenvalue weighted by atomic mass is 9.71. The smallest absolute Gasteiger partial charge is 0.157 e. The topological polar surface area (TPSA) is 24.4 Å². The average molecular weight is 260 g/mol. The predicted octanol–water partition coefficient (Wildman–Crippen LogP) is 3.61. The Hall–Kier alpha value is -0.960. The normalized spacial score (nSPS) is 27.8. The largest absolute Gasteiger partial charge is 0.357 e. The molecule has 1 aliphatic carbocycles. The van der Waals surface area contributed by atoms with Crippen LogP contribution in [0, 0.1) is 5.41 Å². The molecule has 0 bridgehead atoms. The zero-order valence-corrected chi connectivity index (χ0v) is 11.7. The van der Waals surface area contributed by atoms with Gasteiger partial charge in [0.15, 0.2) is 5.17 Å². The number of aliphatic imine (C=N–C) groups is 1. The minimum absolute atomic E-state index is 0.434. The summed E-state index contributed by atoms with van der Waals surface area (Å²) in [4.78, 5) is 4.76. The second-order valence-corrected chi connectivity index (χ2v) is 6.71. The molecule has 0 aromatic heterocycles. The molecule has 0 amide bonds. The van der Waals surface area contributed by atoms with E-state index >= 15 is 0 Å². The summed E-state index contributed by atoms with van der Waals surface area (Å²) in [6.07, 6.45) is 4.07. The summed E-state index contributed by atoms with van der Waals surface area (Å²) in [5.74, 6) is 1.10. The zero-order chi connectivity index (χ0) is 12.4. The number of hydrogen-bond acceptors (Lipinski definition) is 2. The van der Waals surface area contributed by atoms with Gasteiger partial charge in [0.25, 0.3) is 0 Å². The summed E-state index contributed by atoms with van der Waals surface area (Å²) in [5.41, 5.74) is 1.85. The van der Waals surface area contributed by atoms with E-state index in [-0.39, 0.29) is 0 Å². The summed E-state index contributed by atoms with van der Waals surface area (Å²) < 4.78 is 0. The molecule has 0 spiro atoms. The minimum atomic E-state index is 0.434. The van der Waals surface area contributed by atoms with E-state index in [2.05, 4.69) is 42.6 Å². The van der Waals surface area contributed by atoms with E-state index in [1.807, 2.05) is 11.8 Å². The lowest BCUT2D eigenvalue weighted by molar-refractivity contribution is 0.174. The number of benzene rings is 1. The van der Waals surface area contributed by atoms with Crippen LogP contribution in [0.15, 0.2) is 35.3 Å². The minimum Gasteiger partial charge on any atom is -0.357 e. The Balaban J connectivity index is 1.60. The molecule has 1 saturated carbocycles. The lowest BCUT2D eigenvalue weighted by Crippen LogP contribution is -2.30. The molecule has 1 heterocycles. The van der Waals surface area contributed by atoms with Gasteiger partial charge in [-0.25, -0.2) is 0 Å². The maximum Gasteiger partial charge on any atom is 0.157 e. The van der Waals surface area contributed by atoms with Crippen molar-refractivity contribution in [3.05, 3.63) is 35.9 Å². The number of thioether (sulfide) groups is 1. The average Bonchev–Trinajstić information content (AvgIpc) is 2.84. The number of nitrogens with zero attached hydrogens (tertiary/aromatic N) is 1. The third-order valence-electron chi connectivity index (χ3n) is 4.05. The van der Waals surface area contributed by atoms with E-state index in [1.54, 1.807) is 0 Å². The summed E-state index contributed by atoms with van der Waals surface area (Å²) in [7, 11) is 0. The number of nitrogens with one attached hydrogen (secondary N) is 1. The Morgan fingerprint density at radius 2 is 2.11 bits per heavy atom. The van der Waals surface area contributed by atoms with Gasteiger partial charge >= 0.3 is 0 Å². The van der Waals surface area contributed by atoms with E-state index in [9.17, 15) is 0 Å². The molecular formula is C15H20N2S. The molecule has 1 saturated heterocycles. The van der Waals surface area contributed by atoms with Crippen molar-refractivity contribution >= 4 is 16.9 Å². The molecule has 1 unspecified atom stereocenters. The molecule has 2 fully saturated rings. The molecule has 2 nitrogen and oxygen atoms in total. The van der Waals surface area contributed by atoms with Gasteiger partial charge in [-0.3, -0.25) is 4.99 Å². The van der Waals surface area contributed by atoms with Crippen LogP contribution in [0.25, 0.3) is 0 Å². The van der Waals surface area contributed by atoms with Crippen LogP contribution >= 0.6 is 11.8 Å². The first-order valence-corrected chi connectivity index (χ1v) is 7.73. The van der Waals surface area contributed by atoms with Gasteiger partial charge in [0, 0.05) is 12.3 Å².